The van der Waals surface area contributed by atoms with Gasteiger partial charge in [0.2, 0.25) is 0 Å². The summed E-state index contributed by atoms with van der Waals surface area (Å²) < 4.78 is 0. The van der Waals surface area contributed by atoms with Gasteiger partial charge in [-0.1, -0.05) is 44.5 Å². The van der Waals surface area contributed by atoms with Gasteiger partial charge in [0.05, 0.1) is 22.3 Å². The Bertz CT molecular complexity index is 550. The predicted octanol–water partition coefficient (Wildman–Crippen LogP) is 5.01. The van der Waals surface area contributed by atoms with E-state index in [-0.39, 0.29) is 5.41 Å². The maximum Gasteiger partial charge on any atom is 0.0981 e. The molecule has 0 aliphatic heterocycles. The van der Waals surface area contributed by atoms with Crippen molar-refractivity contribution < 1.29 is 0 Å². The zero-order valence-corrected chi connectivity index (χ0v) is 13.3. The highest BCUT2D eigenvalue weighted by Crippen LogP contribution is 2.29. The molecule has 1 aromatic carbocycles. The van der Waals surface area contributed by atoms with Crippen LogP contribution in [-0.4, -0.2) is 4.98 Å². The van der Waals surface area contributed by atoms with Crippen LogP contribution in [0.1, 0.15) is 36.2 Å². The molecule has 0 amide bonds. The lowest BCUT2D eigenvalue weighted by Gasteiger charge is -2.13. The zero-order valence-electron chi connectivity index (χ0n) is 11.7. The van der Waals surface area contributed by atoms with Crippen LogP contribution >= 0.6 is 22.9 Å². The van der Waals surface area contributed by atoms with E-state index in [0.717, 1.165) is 22.8 Å². The van der Waals surface area contributed by atoms with Crippen molar-refractivity contribution in [3.8, 4) is 0 Å². The average Bonchev–Trinajstić information content (AvgIpc) is 2.77. The molecule has 0 aliphatic carbocycles. The second kappa shape index (κ2) is 5.51. The number of halogens is 1. The number of anilines is 1. The van der Waals surface area contributed by atoms with E-state index in [0.29, 0.717) is 0 Å². The number of benzene rings is 1. The third kappa shape index (κ3) is 3.48. The molecule has 2 rings (SSSR count). The number of para-hydroxylation sites is 1. The van der Waals surface area contributed by atoms with Crippen LogP contribution in [0.2, 0.25) is 5.02 Å². The summed E-state index contributed by atoms with van der Waals surface area (Å²) in [5, 5.41) is 5.33. The first-order chi connectivity index (χ1) is 8.88. The van der Waals surface area contributed by atoms with Gasteiger partial charge in [0, 0.05) is 16.5 Å². The molecule has 19 heavy (non-hydrogen) atoms. The molecule has 0 spiro atoms. The van der Waals surface area contributed by atoms with Crippen LogP contribution in [0.3, 0.4) is 0 Å². The van der Waals surface area contributed by atoms with Crippen LogP contribution < -0.4 is 5.32 Å². The zero-order chi connectivity index (χ0) is 14.0. The lowest BCUT2D eigenvalue weighted by Crippen LogP contribution is -2.09. The van der Waals surface area contributed by atoms with Crippen LogP contribution in [0, 0.1) is 6.92 Å². The minimum absolute atomic E-state index is 0.114. The molecule has 0 unspecified atom stereocenters. The van der Waals surface area contributed by atoms with Gasteiger partial charge < -0.3 is 5.32 Å². The number of hydrogen-bond donors (Lipinski definition) is 1. The summed E-state index contributed by atoms with van der Waals surface area (Å²) in [6, 6.07) is 5.93. The van der Waals surface area contributed by atoms with Crippen molar-refractivity contribution >= 4 is 28.6 Å². The first-order valence-corrected chi connectivity index (χ1v) is 7.51. The lowest BCUT2D eigenvalue weighted by atomic mass is 9.98. The van der Waals surface area contributed by atoms with Crippen LogP contribution in [0.15, 0.2) is 24.4 Å². The van der Waals surface area contributed by atoms with E-state index in [4.69, 9.17) is 11.6 Å². The highest BCUT2D eigenvalue weighted by Gasteiger charge is 2.17. The number of aryl methyl sites for hydroxylation is 1. The van der Waals surface area contributed by atoms with Crippen molar-refractivity contribution in [1.29, 1.82) is 0 Å². The number of nitrogens with one attached hydrogen (secondary N) is 1. The quantitative estimate of drug-likeness (QED) is 0.860. The lowest BCUT2D eigenvalue weighted by molar-refractivity contribution is 0.585. The normalized spacial score (nSPS) is 11.6. The molecule has 0 fully saturated rings. The third-order valence-electron chi connectivity index (χ3n) is 2.86. The molecule has 102 valence electrons. The molecule has 4 heteroatoms. The smallest absolute Gasteiger partial charge is 0.0981 e. The van der Waals surface area contributed by atoms with E-state index in [1.165, 1.54) is 9.88 Å². The molecule has 1 heterocycles. The fourth-order valence-electron chi connectivity index (χ4n) is 1.77. The molecule has 0 aliphatic rings. The van der Waals surface area contributed by atoms with Crippen LogP contribution in [0.25, 0.3) is 0 Å². The van der Waals surface area contributed by atoms with Gasteiger partial charge in [-0.05, 0) is 18.6 Å². The van der Waals surface area contributed by atoms with E-state index in [1.54, 1.807) is 11.3 Å². The van der Waals surface area contributed by atoms with Crippen molar-refractivity contribution in [2.45, 2.75) is 39.7 Å². The van der Waals surface area contributed by atoms with Gasteiger partial charge in [0.1, 0.15) is 0 Å². The predicted molar refractivity (Wildman–Crippen MR) is 84.3 cm³/mol. The van der Waals surface area contributed by atoms with Gasteiger partial charge in [-0.2, -0.15) is 0 Å². The van der Waals surface area contributed by atoms with Crippen LogP contribution in [-0.2, 0) is 12.0 Å². The topological polar surface area (TPSA) is 24.9 Å². The van der Waals surface area contributed by atoms with Gasteiger partial charge in [-0.25, -0.2) is 4.98 Å². The number of aromatic nitrogens is 1. The minimum atomic E-state index is 0.114. The van der Waals surface area contributed by atoms with Crippen LogP contribution in [0.4, 0.5) is 5.69 Å². The second-order valence-electron chi connectivity index (χ2n) is 5.67. The molecule has 0 saturated carbocycles. The Kier molecular flexibility index (Phi) is 4.16. The van der Waals surface area contributed by atoms with Crippen molar-refractivity contribution in [2.24, 2.45) is 0 Å². The fraction of sp³-hybridized carbons (Fsp3) is 0.400. The summed E-state index contributed by atoms with van der Waals surface area (Å²) in [7, 11) is 0. The summed E-state index contributed by atoms with van der Waals surface area (Å²) in [6.07, 6.45) is 1.95. The molecule has 0 saturated heterocycles. The maximum atomic E-state index is 6.20. The van der Waals surface area contributed by atoms with Gasteiger partial charge in [-0.15, -0.1) is 11.3 Å². The van der Waals surface area contributed by atoms with E-state index in [2.05, 4.69) is 44.1 Å². The highest BCUT2D eigenvalue weighted by molar-refractivity contribution is 7.11. The number of hydrogen-bond acceptors (Lipinski definition) is 3. The summed E-state index contributed by atoms with van der Waals surface area (Å²) in [6.45, 7) is 9.36. The molecule has 0 radical (unpaired) electrons. The summed E-state index contributed by atoms with van der Waals surface area (Å²) in [4.78, 5) is 5.72. The van der Waals surface area contributed by atoms with E-state index >= 15 is 0 Å². The molecule has 0 bridgehead atoms. The average molecular weight is 295 g/mol. The second-order valence-corrected chi connectivity index (χ2v) is 7.19. The maximum absolute atomic E-state index is 6.20. The molecular formula is C15H19ClN2S. The Labute approximate surface area is 123 Å². The van der Waals surface area contributed by atoms with Gasteiger partial charge in [0.15, 0.2) is 0 Å². The Morgan fingerprint density at radius 3 is 2.63 bits per heavy atom. The van der Waals surface area contributed by atoms with Crippen molar-refractivity contribution in [1.82, 2.24) is 4.98 Å². The van der Waals surface area contributed by atoms with Gasteiger partial charge in [0.25, 0.3) is 0 Å². The Morgan fingerprint density at radius 1 is 1.32 bits per heavy atom. The Hall–Kier alpha value is -1.06. The third-order valence-corrected chi connectivity index (χ3v) is 4.59. The van der Waals surface area contributed by atoms with Crippen molar-refractivity contribution in [2.75, 3.05) is 5.32 Å². The van der Waals surface area contributed by atoms with Crippen LogP contribution in [0.5, 0.6) is 0 Å². The Balaban J connectivity index is 2.09. The van der Waals surface area contributed by atoms with Gasteiger partial charge in [-0.3, -0.25) is 0 Å². The van der Waals surface area contributed by atoms with Crippen molar-refractivity contribution in [3.63, 3.8) is 0 Å². The fourth-order valence-corrected chi connectivity index (χ4v) is 2.97. The highest BCUT2D eigenvalue weighted by atomic mass is 35.5. The van der Waals surface area contributed by atoms with E-state index in [1.807, 2.05) is 18.3 Å². The first kappa shape index (κ1) is 14.4. The number of rotatable bonds is 3. The molecular weight excluding hydrogens is 276 g/mol. The standard InChI is InChI=1S/C15H19ClN2S/c1-10-6-5-7-12(16)13(10)17-8-11-9-18-14(19-11)15(2,3)4/h5-7,9,17H,8H2,1-4H3. The molecule has 1 N–H and O–H groups in total. The summed E-state index contributed by atoms with van der Waals surface area (Å²) >= 11 is 7.95. The number of nitrogens with zero attached hydrogens (tertiary/aromatic N) is 1. The number of thiazole rings is 1. The monoisotopic (exact) mass is 294 g/mol. The summed E-state index contributed by atoms with van der Waals surface area (Å²) in [5.41, 5.74) is 2.28. The molecule has 1 aromatic heterocycles. The van der Waals surface area contributed by atoms with Crippen molar-refractivity contribution in [3.05, 3.63) is 44.9 Å². The van der Waals surface area contributed by atoms with E-state index in [9.17, 15) is 0 Å². The molecule has 0 atom stereocenters. The molecule has 2 aromatic rings. The Morgan fingerprint density at radius 2 is 2.05 bits per heavy atom. The first-order valence-electron chi connectivity index (χ1n) is 6.32. The summed E-state index contributed by atoms with van der Waals surface area (Å²) in [5.74, 6) is 0. The van der Waals surface area contributed by atoms with Gasteiger partial charge >= 0.3 is 0 Å². The molecule has 2 nitrogen and oxygen atoms in total. The van der Waals surface area contributed by atoms with E-state index < -0.39 is 0 Å². The minimum Gasteiger partial charge on any atom is -0.379 e. The largest absolute Gasteiger partial charge is 0.379 e. The SMILES string of the molecule is Cc1cccc(Cl)c1NCc1cnc(C(C)(C)C)s1.